The molecule has 4 N–H and O–H groups in total. The lowest BCUT2D eigenvalue weighted by Gasteiger charge is -2.17. The van der Waals surface area contributed by atoms with E-state index in [0.717, 1.165) is 10.9 Å². The van der Waals surface area contributed by atoms with Crippen LogP contribution in [0.5, 0.6) is 0 Å². The zero-order valence-corrected chi connectivity index (χ0v) is 12.5. The first kappa shape index (κ1) is 14.6. The molecule has 0 radical (unpaired) electrons. The molecule has 2 aromatic rings. The Morgan fingerprint density at radius 2 is 2.14 bits per heavy atom. The van der Waals surface area contributed by atoms with Gasteiger partial charge < -0.3 is 11.5 Å². The van der Waals surface area contributed by atoms with Crippen LogP contribution in [0.15, 0.2) is 29.3 Å². The average Bonchev–Trinajstić information content (AvgIpc) is 2.83. The summed E-state index contributed by atoms with van der Waals surface area (Å²) >= 11 is 6.27. The van der Waals surface area contributed by atoms with Gasteiger partial charge >= 0.3 is 0 Å². The van der Waals surface area contributed by atoms with Crippen molar-refractivity contribution in [2.24, 2.45) is 16.5 Å². The van der Waals surface area contributed by atoms with E-state index in [1.54, 1.807) is 6.07 Å². The molecule has 1 unspecified atom stereocenters. The van der Waals surface area contributed by atoms with Gasteiger partial charge in [-0.05, 0) is 24.5 Å². The summed E-state index contributed by atoms with van der Waals surface area (Å²) in [4.78, 5) is 28.2. The molecule has 22 heavy (non-hydrogen) atoms. The molecule has 1 aliphatic rings. The minimum Gasteiger partial charge on any atom is -0.370 e. The van der Waals surface area contributed by atoms with Crippen molar-refractivity contribution in [2.45, 2.75) is 24.6 Å². The zero-order chi connectivity index (χ0) is 15.9. The van der Waals surface area contributed by atoms with Crippen molar-refractivity contribution in [1.82, 2.24) is 4.57 Å². The molecule has 1 aromatic heterocycles. The maximum absolute atomic E-state index is 12.5. The molecule has 0 fully saturated rings. The molecule has 114 valence electrons. The largest absolute Gasteiger partial charge is 0.370 e. The second kappa shape index (κ2) is 5.46. The molecule has 0 spiro atoms. The van der Waals surface area contributed by atoms with Crippen molar-refractivity contribution in [3.63, 3.8) is 0 Å². The third kappa shape index (κ3) is 2.46. The Morgan fingerprint density at radius 3 is 2.86 bits per heavy atom. The summed E-state index contributed by atoms with van der Waals surface area (Å²) in [6, 6.07) is 7.29. The highest BCUT2D eigenvalue weighted by Crippen LogP contribution is 2.29. The van der Waals surface area contributed by atoms with Crippen LogP contribution in [-0.2, 0) is 6.42 Å². The highest BCUT2D eigenvalue weighted by molar-refractivity contribution is 6.21. The van der Waals surface area contributed by atoms with Crippen molar-refractivity contribution in [3.05, 3.63) is 35.5 Å². The summed E-state index contributed by atoms with van der Waals surface area (Å²) in [5, 5.41) is 0.695. The number of para-hydroxylation sites is 1. The van der Waals surface area contributed by atoms with Crippen LogP contribution in [0.3, 0.4) is 0 Å². The number of carbonyl (C=O) groups is 2. The van der Waals surface area contributed by atoms with Gasteiger partial charge in [-0.1, -0.05) is 18.2 Å². The number of nitrogens with two attached hydrogens (primary N) is 2. The smallest absolute Gasteiger partial charge is 0.297 e. The van der Waals surface area contributed by atoms with Crippen molar-refractivity contribution < 1.29 is 9.59 Å². The Hall–Kier alpha value is -2.34. The number of alkyl halides is 1. The number of rotatable bonds is 1. The van der Waals surface area contributed by atoms with Crippen LogP contribution >= 0.6 is 11.6 Å². The Morgan fingerprint density at radius 1 is 1.36 bits per heavy atom. The van der Waals surface area contributed by atoms with E-state index in [1.807, 2.05) is 18.2 Å². The number of carbonyl (C=O) groups excluding carboxylic acids is 2. The first-order chi connectivity index (χ1) is 10.5. The monoisotopic (exact) mass is 318 g/mol. The number of halogens is 1. The molecule has 1 aromatic carbocycles. The molecule has 0 saturated heterocycles. The van der Waals surface area contributed by atoms with Gasteiger partial charge in [-0.2, -0.15) is 4.99 Å². The standard InChI is InChI=1S/C15H15ClN4O2/c16-10-4-5-12(21)20-11(14(22)19-15(17)18)7-9-3-1-2-8(6-10)13(9)20/h1-3,7,10H,4-6H2,(H4,17,18,19,22). The maximum Gasteiger partial charge on any atom is 0.297 e. The lowest BCUT2D eigenvalue weighted by molar-refractivity contribution is 0.0880. The molecular formula is C15H15ClN4O2. The van der Waals surface area contributed by atoms with Gasteiger partial charge in [0.05, 0.1) is 5.52 Å². The molecule has 7 heteroatoms. The molecule has 1 atom stereocenters. The second-order valence-corrected chi connectivity index (χ2v) is 5.91. The van der Waals surface area contributed by atoms with E-state index in [1.165, 1.54) is 4.57 Å². The minimum atomic E-state index is -0.626. The van der Waals surface area contributed by atoms with Crippen LogP contribution in [0.1, 0.15) is 33.7 Å². The first-order valence-electron chi connectivity index (χ1n) is 6.92. The SMILES string of the molecule is NC(N)=NC(=O)c1cc2cccc3c2n1C(=O)CCC(Cl)C3. The summed E-state index contributed by atoms with van der Waals surface area (Å²) < 4.78 is 1.42. The Labute approximate surface area is 131 Å². The van der Waals surface area contributed by atoms with E-state index >= 15 is 0 Å². The van der Waals surface area contributed by atoms with Crippen molar-refractivity contribution >= 4 is 40.3 Å². The predicted molar refractivity (Wildman–Crippen MR) is 85.3 cm³/mol. The van der Waals surface area contributed by atoms with Gasteiger partial charge in [-0.25, -0.2) is 0 Å². The number of benzene rings is 1. The van der Waals surface area contributed by atoms with Crippen molar-refractivity contribution in [1.29, 1.82) is 0 Å². The third-order valence-corrected chi connectivity index (χ3v) is 4.09. The number of nitrogens with zero attached hydrogens (tertiary/aromatic N) is 2. The molecule has 3 rings (SSSR count). The van der Waals surface area contributed by atoms with E-state index in [2.05, 4.69) is 4.99 Å². The van der Waals surface area contributed by atoms with Gasteiger partial charge in [0.15, 0.2) is 5.96 Å². The van der Waals surface area contributed by atoms with Crippen LogP contribution in [-0.4, -0.2) is 27.7 Å². The van der Waals surface area contributed by atoms with Gasteiger partial charge in [0.1, 0.15) is 5.69 Å². The summed E-state index contributed by atoms with van der Waals surface area (Å²) in [5.74, 6) is -1.14. The van der Waals surface area contributed by atoms with Crippen LogP contribution in [0, 0.1) is 0 Å². The van der Waals surface area contributed by atoms with E-state index in [-0.39, 0.29) is 29.4 Å². The highest BCUT2D eigenvalue weighted by atomic mass is 35.5. The lowest BCUT2D eigenvalue weighted by Crippen LogP contribution is -2.26. The van der Waals surface area contributed by atoms with Gasteiger partial charge in [-0.15, -0.1) is 11.6 Å². The molecule has 6 nitrogen and oxygen atoms in total. The van der Waals surface area contributed by atoms with E-state index in [0.29, 0.717) is 18.4 Å². The Balaban J connectivity index is 2.29. The Bertz CT molecular complexity index is 805. The summed E-state index contributed by atoms with van der Waals surface area (Å²) in [7, 11) is 0. The maximum atomic E-state index is 12.5. The van der Waals surface area contributed by atoms with Crippen LogP contribution in [0.2, 0.25) is 0 Å². The van der Waals surface area contributed by atoms with E-state index in [9.17, 15) is 9.59 Å². The molecular weight excluding hydrogens is 304 g/mol. The van der Waals surface area contributed by atoms with Gasteiger partial charge in [0, 0.05) is 17.2 Å². The highest BCUT2D eigenvalue weighted by Gasteiger charge is 2.25. The number of amides is 1. The lowest BCUT2D eigenvalue weighted by atomic mass is 10.0. The third-order valence-electron chi connectivity index (χ3n) is 3.72. The van der Waals surface area contributed by atoms with Gasteiger partial charge in [0.2, 0.25) is 5.91 Å². The first-order valence-corrected chi connectivity index (χ1v) is 7.35. The normalized spacial score (nSPS) is 17.9. The zero-order valence-electron chi connectivity index (χ0n) is 11.8. The van der Waals surface area contributed by atoms with Gasteiger partial charge in [-0.3, -0.25) is 14.2 Å². The number of aromatic nitrogens is 1. The topological polar surface area (TPSA) is 103 Å². The quantitative estimate of drug-likeness (QED) is 0.474. The van der Waals surface area contributed by atoms with E-state index < -0.39 is 5.91 Å². The molecule has 0 saturated carbocycles. The van der Waals surface area contributed by atoms with Crippen LogP contribution in [0.4, 0.5) is 0 Å². The number of hydrogen-bond acceptors (Lipinski definition) is 2. The fraction of sp³-hybridized carbons (Fsp3) is 0.267. The Kier molecular flexibility index (Phi) is 3.62. The fourth-order valence-corrected chi connectivity index (χ4v) is 3.10. The second-order valence-electron chi connectivity index (χ2n) is 5.30. The molecule has 0 bridgehead atoms. The molecule has 1 amide bonds. The van der Waals surface area contributed by atoms with Gasteiger partial charge in [0.25, 0.3) is 5.91 Å². The number of guanidine groups is 1. The summed E-state index contributed by atoms with van der Waals surface area (Å²) in [6.07, 6.45) is 1.48. The van der Waals surface area contributed by atoms with Crippen LogP contribution < -0.4 is 11.5 Å². The molecule has 1 aliphatic heterocycles. The number of hydrogen-bond donors (Lipinski definition) is 2. The molecule has 2 heterocycles. The minimum absolute atomic E-state index is 0.102. The van der Waals surface area contributed by atoms with Crippen LogP contribution in [0.25, 0.3) is 10.9 Å². The number of aliphatic imine (C=N–C) groups is 1. The summed E-state index contributed by atoms with van der Waals surface area (Å²) in [6.45, 7) is 0. The van der Waals surface area contributed by atoms with E-state index in [4.69, 9.17) is 23.1 Å². The predicted octanol–water partition coefficient (Wildman–Crippen LogP) is 1.64. The van der Waals surface area contributed by atoms with Crippen molar-refractivity contribution in [2.75, 3.05) is 0 Å². The molecule has 0 aliphatic carbocycles. The summed E-state index contributed by atoms with van der Waals surface area (Å²) in [5.41, 5.74) is 12.4. The van der Waals surface area contributed by atoms with Crippen molar-refractivity contribution in [3.8, 4) is 0 Å². The fourth-order valence-electron chi connectivity index (χ4n) is 2.82. The average molecular weight is 319 g/mol.